The molecule has 0 amide bonds. The van der Waals surface area contributed by atoms with Gasteiger partial charge in [0.15, 0.2) is 6.10 Å². The minimum absolute atomic E-state index is 0.0229. The number of carbonyl (C=O) groups excluding carboxylic acids is 2. The van der Waals surface area contributed by atoms with Crippen LogP contribution in [0.2, 0.25) is 0 Å². The third-order valence-electron chi connectivity index (χ3n) is 9.97. The van der Waals surface area contributed by atoms with Gasteiger partial charge in [-0.05, 0) is 83.5 Å². The van der Waals surface area contributed by atoms with E-state index >= 15 is 0 Å². The summed E-state index contributed by atoms with van der Waals surface area (Å²) in [6, 6.07) is 0. The van der Waals surface area contributed by atoms with Gasteiger partial charge in [0, 0.05) is 12.8 Å². The summed E-state index contributed by atoms with van der Waals surface area (Å²) in [4.78, 5) is 35.5. The quantitative estimate of drug-likeness (QED) is 0.0212. The Labute approximate surface area is 374 Å². The van der Waals surface area contributed by atoms with Crippen molar-refractivity contribution in [2.75, 3.05) is 47.5 Å². The van der Waals surface area contributed by atoms with Crippen molar-refractivity contribution in [3.05, 3.63) is 72.9 Å². The molecule has 2 unspecified atom stereocenters. The van der Waals surface area contributed by atoms with Crippen LogP contribution in [0.4, 0.5) is 0 Å². The van der Waals surface area contributed by atoms with Crippen LogP contribution in [0, 0.1) is 0 Å². The summed E-state index contributed by atoms with van der Waals surface area (Å²) in [7, 11) is 1.45. The van der Waals surface area contributed by atoms with Crippen LogP contribution in [0.1, 0.15) is 187 Å². The standard InChI is InChI=1S/C51H90NO8P/c1-6-8-10-12-14-16-18-20-22-24-25-26-27-28-30-32-34-36-38-40-42-44-51(54)60-49(48-59-61(55,56)58-46-45-52(3,4)5)47-57-50(53)43-41-39-37-35-33-31-29-23-21-19-17-15-13-11-9-7-2/h8,10,14,16,20,22-23,25-26,28-30,49H,6-7,9,11-13,15,17-19,21,24,27,31-48H2,1-5H3/p+1/b10-8-,16-14-,22-20-,26-25-,29-23-,30-28-. The molecule has 0 aliphatic rings. The molecule has 0 aliphatic heterocycles. The van der Waals surface area contributed by atoms with Crippen molar-refractivity contribution < 1.29 is 42.1 Å². The van der Waals surface area contributed by atoms with Crippen LogP contribution in [0.3, 0.4) is 0 Å². The maximum atomic E-state index is 12.7. The topological polar surface area (TPSA) is 108 Å². The van der Waals surface area contributed by atoms with Gasteiger partial charge < -0.3 is 18.9 Å². The monoisotopic (exact) mass is 877 g/mol. The number of rotatable bonds is 43. The van der Waals surface area contributed by atoms with Crippen LogP contribution in [-0.2, 0) is 32.7 Å². The maximum absolute atomic E-state index is 12.7. The molecular weight excluding hydrogens is 786 g/mol. The van der Waals surface area contributed by atoms with Gasteiger partial charge in [0.25, 0.3) is 0 Å². The normalized spacial score (nSPS) is 14.1. The number of quaternary nitrogens is 1. The Morgan fingerprint density at radius 2 is 0.934 bits per heavy atom. The molecule has 0 radical (unpaired) electrons. The molecule has 0 saturated carbocycles. The first kappa shape index (κ1) is 58.5. The van der Waals surface area contributed by atoms with E-state index in [1.807, 2.05) is 21.1 Å². The summed E-state index contributed by atoms with van der Waals surface area (Å²) in [6.45, 7) is 4.27. The number of esters is 2. The average Bonchev–Trinajstić information content (AvgIpc) is 3.21. The summed E-state index contributed by atoms with van der Waals surface area (Å²) in [5.74, 6) is -0.833. The highest BCUT2D eigenvalue weighted by atomic mass is 31.2. The number of phosphoric ester groups is 1. The lowest BCUT2D eigenvalue weighted by atomic mass is 10.1. The van der Waals surface area contributed by atoms with Gasteiger partial charge in [-0.2, -0.15) is 0 Å². The van der Waals surface area contributed by atoms with Crippen molar-refractivity contribution in [1.29, 1.82) is 0 Å². The SMILES string of the molecule is CC/C=C\C/C=C\C/C=C\C/C=C\C/C=C\CCCCCCCC(=O)OC(COC(=O)CCCCCCC/C=C\CCCCCCCCC)COP(=O)(O)OCC[N+](C)(C)C. The second-order valence-corrected chi connectivity index (χ2v) is 18.6. The molecule has 0 bridgehead atoms. The number of carbonyl (C=O) groups is 2. The van der Waals surface area contributed by atoms with Crippen LogP contribution >= 0.6 is 7.82 Å². The number of phosphoric acid groups is 1. The molecule has 0 heterocycles. The minimum Gasteiger partial charge on any atom is -0.462 e. The number of unbranched alkanes of at least 4 members (excludes halogenated alkanes) is 17. The van der Waals surface area contributed by atoms with Crippen LogP contribution in [0.25, 0.3) is 0 Å². The molecule has 1 N–H and O–H groups in total. The van der Waals surface area contributed by atoms with Crippen LogP contribution in [0.15, 0.2) is 72.9 Å². The van der Waals surface area contributed by atoms with Gasteiger partial charge in [-0.15, -0.1) is 0 Å². The van der Waals surface area contributed by atoms with Crippen molar-refractivity contribution in [1.82, 2.24) is 0 Å². The lowest BCUT2D eigenvalue weighted by Crippen LogP contribution is -2.37. The van der Waals surface area contributed by atoms with E-state index in [1.54, 1.807) is 0 Å². The van der Waals surface area contributed by atoms with Crippen LogP contribution in [0.5, 0.6) is 0 Å². The minimum atomic E-state index is -4.39. The van der Waals surface area contributed by atoms with Gasteiger partial charge >= 0.3 is 19.8 Å². The van der Waals surface area contributed by atoms with Crippen molar-refractivity contribution in [3.63, 3.8) is 0 Å². The van der Waals surface area contributed by atoms with E-state index in [0.717, 1.165) is 103 Å². The Balaban J connectivity index is 4.37. The predicted octanol–water partition coefficient (Wildman–Crippen LogP) is 14.2. The number of hydrogen-bond donors (Lipinski definition) is 1. The molecule has 0 aromatic carbocycles. The largest absolute Gasteiger partial charge is 0.472 e. The third-order valence-corrected chi connectivity index (χ3v) is 11.0. The van der Waals surface area contributed by atoms with Gasteiger partial charge in [0.05, 0.1) is 27.7 Å². The van der Waals surface area contributed by atoms with Gasteiger partial charge in [-0.1, -0.05) is 164 Å². The fraction of sp³-hybridized carbons (Fsp3) is 0.725. The molecule has 0 aromatic heterocycles. The molecule has 0 rings (SSSR count). The highest BCUT2D eigenvalue weighted by Crippen LogP contribution is 2.43. The molecule has 0 aliphatic carbocycles. The maximum Gasteiger partial charge on any atom is 0.472 e. The summed E-state index contributed by atoms with van der Waals surface area (Å²) >= 11 is 0. The third kappa shape index (κ3) is 46.8. The van der Waals surface area contributed by atoms with E-state index in [-0.39, 0.29) is 32.0 Å². The zero-order valence-corrected chi connectivity index (χ0v) is 40.5. The highest BCUT2D eigenvalue weighted by Gasteiger charge is 2.27. The predicted molar refractivity (Wildman–Crippen MR) is 256 cm³/mol. The first-order valence-corrected chi connectivity index (χ1v) is 25.7. The molecule has 2 atom stereocenters. The number of ether oxygens (including phenoxy) is 2. The molecule has 61 heavy (non-hydrogen) atoms. The molecule has 0 saturated heterocycles. The second-order valence-electron chi connectivity index (χ2n) is 17.1. The van der Waals surface area contributed by atoms with Crippen LogP contribution in [-0.4, -0.2) is 74.9 Å². The van der Waals surface area contributed by atoms with E-state index in [9.17, 15) is 19.0 Å². The smallest absolute Gasteiger partial charge is 0.462 e. The molecule has 0 fully saturated rings. The lowest BCUT2D eigenvalue weighted by molar-refractivity contribution is -0.870. The van der Waals surface area contributed by atoms with E-state index in [0.29, 0.717) is 17.4 Å². The van der Waals surface area contributed by atoms with Gasteiger partial charge in [-0.25, -0.2) is 4.57 Å². The van der Waals surface area contributed by atoms with Crippen molar-refractivity contribution in [2.45, 2.75) is 193 Å². The van der Waals surface area contributed by atoms with Gasteiger partial charge in [0.2, 0.25) is 0 Å². The number of hydrogen-bond acceptors (Lipinski definition) is 7. The molecular formula is C51H91NO8P+. The average molecular weight is 877 g/mol. The van der Waals surface area contributed by atoms with Crippen molar-refractivity contribution in [3.8, 4) is 0 Å². The summed E-state index contributed by atoms with van der Waals surface area (Å²) in [6.07, 6.45) is 53.7. The second kappa shape index (κ2) is 42.7. The van der Waals surface area contributed by atoms with Gasteiger partial charge in [0.1, 0.15) is 19.8 Å². The number of likely N-dealkylation sites (N-methyl/N-ethyl adjacent to an activating group) is 1. The van der Waals surface area contributed by atoms with E-state index < -0.39 is 26.5 Å². The Morgan fingerprint density at radius 1 is 0.525 bits per heavy atom. The summed E-state index contributed by atoms with van der Waals surface area (Å²) in [5.41, 5.74) is 0. The van der Waals surface area contributed by atoms with Crippen LogP contribution < -0.4 is 0 Å². The molecule has 0 spiro atoms. The number of allylic oxidation sites excluding steroid dienone is 12. The Kier molecular flexibility index (Phi) is 40.9. The summed E-state index contributed by atoms with van der Waals surface area (Å²) in [5, 5.41) is 0. The molecule has 9 nitrogen and oxygen atoms in total. The zero-order chi connectivity index (χ0) is 45.0. The Hall–Kier alpha value is -2.55. The molecule has 0 aromatic rings. The fourth-order valence-electron chi connectivity index (χ4n) is 6.21. The molecule has 352 valence electrons. The summed E-state index contributed by atoms with van der Waals surface area (Å²) < 4.78 is 34.4. The first-order chi connectivity index (χ1) is 29.5. The van der Waals surface area contributed by atoms with E-state index in [1.165, 1.54) is 51.4 Å². The Bertz CT molecular complexity index is 1270. The zero-order valence-electron chi connectivity index (χ0n) is 39.6. The fourth-order valence-corrected chi connectivity index (χ4v) is 6.95. The van der Waals surface area contributed by atoms with Crippen molar-refractivity contribution >= 4 is 19.8 Å². The van der Waals surface area contributed by atoms with E-state index in [2.05, 4.69) is 86.8 Å². The molecule has 10 heteroatoms. The first-order valence-electron chi connectivity index (χ1n) is 24.2. The number of nitrogens with zero attached hydrogens (tertiary/aromatic N) is 1. The van der Waals surface area contributed by atoms with E-state index in [4.69, 9.17) is 18.5 Å². The highest BCUT2D eigenvalue weighted by molar-refractivity contribution is 7.47. The van der Waals surface area contributed by atoms with Crippen molar-refractivity contribution in [2.24, 2.45) is 0 Å². The Morgan fingerprint density at radius 3 is 1.41 bits per heavy atom. The lowest BCUT2D eigenvalue weighted by Gasteiger charge is -2.24. The van der Waals surface area contributed by atoms with Gasteiger partial charge in [-0.3, -0.25) is 18.6 Å².